The van der Waals surface area contributed by atoms with Gasteiger partial charge in [-0.2, -0.15) is 0 Å². The highest BCUT2D eigenvalue weighted by atomic mass is 32.1. The highest BCUT2D eigenvalue weighted by molar-refractivity contribution is 7.19. The standard InChI is InChI=1S/C25H29N3O4S/c1-25(2,3)32-24(30)27-10-8-16(14-27)28-11-12-31-21-6-4-5-18(22(21)28)19-7-9-26-20-13-17(15-29)33-23(19)20/h4-7,9,13,16,29H,8,10-12,14-15H2,1-3H3/t16-/m1/s1. The fraction of sp³-hybridized carbons (Fsp3) is 0.440. The van der Waals surface area contributed by atoms with E-state index in [1.54, 1.807) is 11.3 Å². The van der Waals surface area contributed by atoms with Crippen LogP contribution in [0.1, 0.15) is 32.1 Å². The fourth-order valence-corrected chi connectivity index (χ4v) is 5.65. The summed E-state index contributed by atoms with van der Waals surface area (Å²) in [5, 5.41) is 9.63. The third-order valence-corrected chi connectivity index (χ3v) is 7.18. The van der Waals surface area contributed by atoms with E-state index in [-0.39, 0.29) is 18.7 Å². The molecule has 4 heterocycles. The van der Waals surface area contributed by atoms with E-state index in [0.29, 0.717) is 19.7 Å². The van der Waals surface area contributed by atoms with Gasteiger partial charge in [0, 0.05) is 41.3 Å². The quantitative estimate of drug-likeness (QED) is 0.604. The van der Waals surface area contributed by atoms with Crippen molar-refractivity contribution in [3.63, 3.8) is 0 Å². The second-order valence-corrected chi connectivity index (χ2v) is 10.6. The lowest BCUT2D eigenvalue weighted by Crippen LogP contribution is -2.44. The summed E-state index contributed by atoms with van der Waals surface area (Å²) in [6.45, 7) is 8.36. The van der Waals surface area contributed by atoms with Crippen LogP contribution in [0.4, 0.5) is 10.5 Å². The van der Waals surface area contributed by atoms with Gasteiger partial charge in [0.2, 0.25) is 0 Å². The van der Waals surface area contributed by atoms with Gasteiger partial charge in [-0.15, -0.1) is 11.3 Å². The summed E-state index contributed by atoms with van der Waals surface area (Å²) < 4.78 is 12.7. The molecule has 0 saturated carbocycles. The first-order valence-corrected chi connectivity index (χ1v) is 12.1. The number of amides is 1. The first kappa shape index (κ1) is 22.0. The minimum absolute atomic E-state index is 0.00513. The Morgan fingerprint density at radius 1 is 1.27 bits per heavy atom. The summed E-state index contributed by atoms with van der Waals surface area (Å²) in [5.74, 6) is 0.860. The predicted octanol–water partition coefficient (Wildman–Crippen LogP) is 4.66. The van der Waals surface area contributed by atoms with E-state index in [1.165, 1.54) is 0 Å². The Morgan fingerprint density at radius 2 is 2.12 bits per heavy atom. The van der Waals surface area contributed by atoms with Crippen LogP contribution in [0.3, 0.4) is 0 Å². The molecule has 5 rings (SSSR count). The van der Waals surface area contributed by atoms with E-state index in [9.17, 15) is 9.90 Å². The molecule has 0 spiro atoms. The van der Waals surface area contributed by atoms with Crippen LogP contribution in [0.5, 0.6) is 5.75 Å². The minimum atomic E-state index is -0.505. The third kappa shape index (κ3) is 4.25. The number of para-hydroxylation sites is 1. The normalized spacial score (nSPS) is 18.4. The fourth-order valence-electron chi connectivity index (χ4n) is 4.65. The van der Waals surface area contributed by atoms with Crippen molar-refractivity contribution in [1.82, 2.24) is 9.88 Å². The second-order valence-electron chi connectivity index (χ2n) is 9.51. The molecule has 1 fully saturated rings. The number of aromatic nitrogens is 1. The maximum atomic E-state index is 12.6. The van der Waals surface area contributed by atoms with Crippen LogP contribution >= 0.6 is 11.3 Å². The molecule has 2 aliphatic rings. The van der Waals surface area contributed by atoms with E-state index < -0.39 is 5.60 Å². The number of ether oxygens (including phenoxy) is 2. The summed E-state index contributed by atoms with van der Waals surface area (Å²) in [7, 11) is 0. The molecular weight excluding hydrogens is 438 g/mol. The molecule has 8 heteroatoms. The molecule has 0 aliphatic carbocycles. The van der Waals surface area contributed by atoms with Gasteiger partial charge in [0.05, 0.1) is 29.1 Å². The van der Waals surface area contributed by atoms with Crippen molar-refractivity contribution in [2.75, 3.05) is 31.1 Å². The first-order chi connectivity index (χ1) is 15.8. The Morgan fingerprint density at radius 3 is 2.91 bits per heavy atom. The lowest BCUT2D eigenvalue weighted by Gasteiger charge is -2.37. The first-order valence-electron chi connectivity index (χ1n) is 11.3. The summed E-state index contributed by atoms with van der Waals surface area (Å²) in [5.41, 5.74) is 3.61. The second kappa shape index (κ2) is 8.50. The number of hydrogen-bond donors (Lipinski definition) is 1. The van der Waals surface area contributed by atoms with Crippen LogP contribution in [-0.2, 0) is 11.3 Å². The lowest BCUT2D eigenvalue weighted by atomic mass is 10.0. The van der Waals surface area contributed by atoms with Gasteiger partial charge >= 0.3 is 6.09 Å². The number of carbonyl (C=O) groups is 1. The summed E-state index contributed by atoms with van der Waals surface area (Å²) in [4.78, 5) is 22.2. The Hall–Kier alpha value is -2.84. The summed E-state index contributed by atoms with van der Waals surface area (Å²) in [6.07, 6.45) is 2.45. The number of likely N-dealkylation sites (tertiary alicyclic amines) is 1. The number of rotatable bonds is 3. The number of aliphatic hydroxyl groups excluding tert-OH is 1. The van der Waals surface area contributed by atoms with E-state index in [1.807, 2.05) is 56.1 Å². The van der Waals surface area contributed by atoms with Crippen molar-refractivity contribution in [3.8, 4) is 16.9 Å². The zero-order chi connectivity index (χ0) is 23.2. The van der Waals surface area contributed by atoms with E-state index in [4.69, 9.17) is 9.47 Å². The Labute approximate surface area is 197 Å². The van der Waals surface area contributed by atoms with Crippen molar-refractivity contribution in [2.45, 2.75) is 45.4 Å². The van der Waals surface area contributed by atoms with Gasteiger partial charge in [0.1, 0.15) is 18.0 Å². The summed E-state index contributed by atoms with van der Waals surface area (Å²) in [6, 6.07) is 10.3. The van der Waals surface area contributed by atoms with Crippen LogP contribution in [-0.4, -0.2) is 59.0 Å². The highest BCUT2D eigenvalue weighted by Crippen LogP contribution is 2.45. The highest BCUT2D eigenvalue weighted by Gasteiger charge is 2.36. The molecule has 2 aromatic heterocycles. The molecular formula is C25H29N3O4S. The van der Waals surface area contributed by atoms with E-state index in [0.717, 1.165) is 50.6 Å². The number of fused-ring (bicyclic) bond motifs is 2. The van der Waals surface area contributed by atoms with Gasteiger partial charge in [0.15, 0.2) is 0 Å². The Balaban J connectivity index is 1.50. The molecule has 2 aliphatic heterocycles. The van der Waals surface area contributed by atoms with Crippen LogP contribution < -0.4 is 9.64 Å². The molecule has 7 nitrogen and oxygen atoms in total. The monoisotopic (exact) mass is 467 g/mol. The molecule has 0 radical (unpaired) electrons. The molecule has 3 aromatic rings. The molecule has 1 aromatic carbocycles. The number of anilines is 1. The number of thiophene rings is 1. The maximum Gasteiger partial charge on any atom is 0.410 e. The molecule has 174 valence electrons. The molecule has 0 unspecified atom stereocenters. The minimum Gasteiger partial charge on any atom is -0.490 e. The number of nitrogens with zero attached hydrogens (tertiary/aromatic N) is 3. The zero-order valence-electron chi connectivity index (χ0n) is 19.2. The average molecular weight is 468 g/mol. The van der Waals surface area contributed by atoms with Crippen molar-refractivity contribution >= 4 is 33.3 Å². The molecule has 1 saturated heterocycles. The number of hydrogen-bond acceptors (Lipinski definition) is 7. The van der Waals surface area contributed by atoms with Gasteiger partial charge < -0.3 is 24.4 Å². The average Bonchev–Trinajstić information content (AvgIpc) is 3.44. The van der Waals surface area contributed by atoms with Crippen molar-refractivity contribution in [3.05, 3.63) is 41.4 Å². The van der Waals surface area contributed by atoms with Crippen molar-refractivity contribution in [1.29, 1.82) is 0 Å². The van der Waals surface area contributed by atoms with Gasteiger partial charge in [-0.25, -0.2) is 4.79 Å². The van der Waals surface area contributed by atoms with E-state index in [2.05, 4.69) is 16.0 Å². The Bertz CT molecular complexity index is 1190. The van der Waals surface area contributed by atoms with Gasteiger partial charge in [-0.05, 0) is 45.4 Å². The third-order valence-electron chi connectivity index (χ3n) is 6.04. The smallest absolute Gasteiger partial charge is 0.410 e. The Kier molecular flexibility index (Phi) is 5.66. The van der Waals surface area contributed by atoms with Crippen LogP contribution in [0.15, 0.2) is 36.5 Å². The van der Waals surface area contributed by atoms with Gasteiger partial charge in [-0.3, -0.25) is 4.98 Å². The topological polar surface area (TPSA) is 75.1 Å². The molecule has 1 amide bonds. The van der Waals surface area contributed by atoms with Crippen molar-refractivity contribution < 1.29 is 19.4 Å². The number of pyridine rings is 1. The molecule has 0 bridgehead atoms. The van der Waals surface area contributed by atoms with Crippen LogP contribution in [0.2, 0.25) is 0 Å². The maximum absolute atomic E-state index is 12.6. The molecule has 1 N–H and O–H groups in total. The largest absolute Gasteiger partial charge is 0.490 e. The molecule has 1 atom stereocenters. The number of aliphatic hydroxyl groups is 1. The molecule has 33 heavy (non-hydrogen) atoms. The van der Waals surface area contributed by atoms with Gasteiger partial charge in [-0.1, -0.05) is 12.1 Å². The number of carbonyl (C=O) groups excluding carboxylic acids is 1. The lowest BCUT2D eigenvalue weighted by molar-refractivity contribution is 0.0292. The van der Waals surface area contributed by atoms with Gasteiger partial charge in [0.25, 0.3) is 0 Å². The summed E-state index contributed by atoms with van der Waals surface area (Å²) >= 11 is 1.57. The number of benzene rings is 1. The van der Waals surface area contributed by atoms with Crippen molar-refractivity contribution in [2.24, 2.45) is 0 Å². The van der Waals surface area contributed by atoms with E-state index >= 15 is 0 Å². The zero-order valence-corrected chi connectivity index (χ0v) is 20.0. The predicted molar refractivity (Wildman–Crippen MR) is 130 cm³/mol. The SMILES string of the molecule is CC(C)(C)OC(=O)N1CC[C@@H](N2CCOc3cccc(-c4ccnc5cc(CO)sc45)c32)C1. The van der Waals surface area contributed by atoms with Crippen LogP contribution in [0, 0.1) is 0 Å². The van der Waals surface area contributed by atoms with Crippen LogP contribution in [0.25, 0.3) is 21.3 Å².